The van der Waals surface area contributed by atoms with E-state index in [1.807, 2.05) is 30.6 Å². The lowest BCUT2D eigenvalue weighted by molar-refractivity contribution is 0.864. The third kappa shape index (κ3) is 4.08. The molecule has 0 saturated carbocycles. The van der Waals surface area contributed by atoms with Gasteiger partial charge in [0.2, 0.25) is 0 Å². The Morgan fingerprint density at radius 3 is 2.82 bits per heavy atom. The van der Waals surface area contributed by atoms with Crippen LogP contribution in [-0.4, -0.2) is 20.8 Å². The van der Waals surface area contributed by atoms with Gasteiger partial charge in [-0.15, -0.1) is 0 Å². The second-order valence-corrected chi connectivity index (χ2v) is 6.64. The van der Waals surface area contributed by atoms with E-state index in [1.165, 1.54) is 22.2 Å². The van der Waals surface area contributed by atoms with Crippen molar-refractivity contribution in [1.29, 1.82) is 0 Å². The molecule has 0 atom stereocenters. The summed E-state index contributed by atoms with van der Waals surface area (Å²) in [5.74, 6) is 0.876. The Balaban J connectivity index is 1.43. The number of nitrogens with one attached hydrogen (secondary N) is 2. The molecule has 2 heterocycles. The van der Waals surface area contributed by atoms with Crippen molar-refractivity contribution < 1.29 is 0 Å². The van der Waals surface area contributed by atoms with Gasteiger partial charge in [-0.1, -0.05) is 42.2 Å². The number of H-pyrrole nitrogens is 1. The van der Waals surface area contributed by atoms with E-state index in [2.05, 4.69) is 39.6 Å². The van der Waals surface area contributed by atoms with E-state index in [0.717, 1.165) is 23.0 Å². The summed E-state index contributed by atoms with van der Waals surface area (Å²) in [5.41, 5.74) is 3.66. The molecular formula is C17H17N3S2. The van der Waals surface area contributed by atoms with Crippen LogP contribution in [0.1, 0.15) is 11.3 Å². The van der Waals surface area contributed by atoms with Gasteiger partial charge in [0.25, 0.3) is 0 Å². The largest absolute Gasteiger partial charge is 0.371 e. The molecule has 0 radical (unpaired) electrons. The average Bonchev–Trinajstić information content (AvgIpc) is 2.96. The normalized spacial score (nSPS) is 10.7. The Hall–Kier alpha value is -1.85. The van der Waals surface area contributed by atoms with Gasteiger partial charge in [0.15, 0.2) is 0 Å². The summed E-state index contributed by atoms with van der Waals surface area (Å²) in [7, 11) is 0. The minimum absolute atomic E-state index is 0.841. The molecule has 0 amide bonds. The molecular weight excluding hydrogens is 310 g/mol. The van der Waals surface area contributed by atoms with Crippen LogP contribution in [0.4, 0.5) is 0 Å². The van der Waals surface area contributed by atoms with E-state index >= 15 is 0 Å². The summed E-state index contributed by atoms with van der Waals surface area (Å²) in [6.07, 6.45) is 4.55. The first-order valence-electron chi connectivity index (χ1n) is 7.17. The third-order valence-electron chi connectivity index (χ3n) is 3.37. The molecule has 2 N–H and O–H groups in total. The molecule has 22 heavy (non-hydrogen) atoms. The number of hydrogen-bond acceptors (Lipinski definition) is 3. The SMILES string of the molecule is S=C(NCCc1cc2ccccc2[nH]1)SCc1ccncc1. The smallest absolute Gasteiger partial charge is 0.134 e. The predicted octanol–water partition coefficient (Wildman–Crippen LogP) is 3.91. The fourth-order valence-electron chi connectivity index (χ4n) is 2.25. The highest BCUT2D eigenvalue weighted by Crippen LogP contribution is 2.15. The molecule has 0 unspecified atom stereocenters. The number of pyridine rings is 1. The molecule has 0 bridgehead atoms. The lowest BCUT2D eigenvalue weighted by atomic mass is 10.2. The Morgan fingerprint density at radius 1 is 1.18 bits per heavy atom. The number of rotatable bonds is 5. The highest BCUT2D eigenvalue weighted by molar-refractivity contribution is 8.22. The molecule has 112 valence electrons. The molecule has 0 saturated heterocycles. The number of thioether (sulfide) groups is 1. The monoisotopic (exact) mass is 327 g/mol. The molecule has 0 fully saturated rings. The van der Waals surface area contributed by atoms with Gasteiger partial charge in [0, 0.05) is 42.3 Å². The molecule has 0 aliphatic rings. The lowest BCUT2D eigenvalue weighted by Crippen LogP contribution is -2.21. The first-order valence-corrected chi connectivity index (χ1v) is 8.57. The molecule has 3 nitrogen and oxygen atoms in total. The molecule has 5 heteroatoms. The minimum atomic E-state index is 0.841. The summed E-state index contributed by atoms with van der Waals surface area (Å²) in [5, 5.41) is 4.56. The van der Waals surface area contributed by atoms with E-state index in [4.69, 9.17) is 12.2 Å². The maximum Gasteiger partial charge on any atom is 0.134 e. The van der Waals surface area contributed by atoms with Gasteiger partial charge in [0.05, 0.1) is 0 Å². The second kappa shape index (κ2) is 7.42. The standard InChI is InChI=1S/C17H17N3S2/c21-17(22-12-13-5-8-18-9-6-13)19-10-7-15-11-14-3-1-2-4-16(14)20-15/h1-6,8-9,11,20H,7,10,12H2,(H,19,21). The summed E-state index contributed by atoms with van der Waals surface area (Å²) in [6.45, 7) is 0.842. The number of para-hydroxylation sites is 1. The number of thiocarbonyl (C=S) groups is 1. The van der Waals surface area contributed by atoms with Crippen molar-refractivity contribution in [2.45, 2.75) is 12.2 Å². The average molecular weight is 327 g/mol. The minimum Gasteiger partial charge on any atom is -0.371 e. The fraction of sp³-hybridized carbons (Fsp3) is 0.176. The first kappa shape index (κ1) is 15.1. The first-order chi connectivity index (χ1) is 10.8. The van der Waals surface area contributed by atoms with Gasteiger partial charge in [-0.3, -0.25) is 4.98 Å². The zero-order chi connectivity index (χ0) is 15.2. The van der Waals surface area contributed by atoms with Crippen LogP contribution in [-0.2, 0) is 12.2 Å². The van der Waals surface area contributed by atoms with Crippen molar-refractivity contribution in [3.8, 4) is 0 Å². The quantitative estimate of drug-likeness (QED) is 0.697. The van der Waals surface area contributed by atoms with Gasteiger partial charge in [-0.05, 0) is 35.2 Å². The third-order valence-corrected chi connectivity index (χ3v) is 4.75. The van der Waals surface area contributed by atoms with Crippen LogP contribution in [0.15, 0.2) is 54.9 Å². The number of aromatic amines is 1. The van der Waals surface area contributed by atoms with Crippen LogP contribution < -0.4 is 5.32 Å². The van der Waals surface area contributed by atoms with Crippen molar-refractivity contribution >= 4 is 39.2 Å². The van der Waals surface area contributed by atoms with Crippen molar-refractivity contribution in [1.82, 2.24) is 15.3 Å². The summed E-state index contributed by atoms with van der Waals surface area (Å²) < 4.78 is 0.841. The van der Waals surface area contributed by atoms with Crippen LogP contribution >= 0.6 is 24.0 Å². The van der Waals surface area contributed by atoms with Gasteiger partial charge in [-0.25, -0.2) is 0 Å². The summed E-state index contributed by atoms with van der Waals surface area (Å²) in [4.78, 5) is 7.44. The lowest BCUT2D eigenvalue weighted by Gasteiger charge is -2.06. The maximum atomic E-state index is 5.36. The fourth-order valence-corrected chi connectivity index (χ4v) is 3.22. The molecule has 0 spiro atoms. The Morgan fingerprint density at radius 2 is 2.00 bits per heavy atom. The predicted molar refractivity (Wildman–Crippen MR) is 98.1 cm³/mol. The molecule has 1 aromatic carbocycles. The molecule has 3 rings (SSSR count). The summed E-state index contributed by atoms with van der Waals surface area (Å²) >= 11 is 7.01. The van der Waals surface area contributed by atoms with Crippen molar-refractivity contribution in [3.63, 3.8) is 0 Å². The Kier molecular flexibility index (Phi) is 5.08. The second-order valence-electron chi connectivity index (χ2n) is 4.99. The molecule has 0 aliphatic carbocycles. The maximum absolute atomic E-state index is 5.36. The number of nitrogens with zero attached hydrogens (tertiary/aromatic N) is 1. The van der Waals surface area contributed by atoms with Crippen LogP contribution in [0, 0.1) is 0 Å². The van der Waals surface area contributed by atoms with E-state index in [9.17, 15) is 0 Å². The Bertz CT molecular complexity index is 720. The van der Waals surface area contributed by atoms with E-state index in [0.29, 0.717) is 0 Å². The van der Waals surface area contributed by atoms with E-state index in [1.54, 1.807) is 11.8 Å². The van der Waals surface area contributed by atoms with Gasteiger partial charge < -0.3 is 10.3 Å². The van der Waals surface area contributed by atoms with Crippen LogP contribution in [0.5, 0.6) is 0 Å². The van der Waals surface area contributed by atoms with Crippen molar-refractivity contribution in [3.05, 3.63) is 66.1 Å². The van der Waals surface area contributed by atoms with Crippen molar-refractivity contribution in [2.75, 3.05) is 6.54 Å². The number of benzene rings is 1. The van der Waals surface area contributed by atoms with Gasteiger partial charge in [-0.2, -0.15) is 0 Å². The van der Waals surface area contributed by atoms with Gasteiger partial charge in [0.1, 0.15) is 4.32 Å². The number of hydrogen-bond donors (Lipinski definition) is 2. The zero-order valence-electron chi connectivity index (χ0n) is 12.1. The molecule has 0 aliphatic heterocycles. The highest BCUT2D eigenvalue weighted by Gasteiger charge is 2.02. The van der Waals surface area contributed by atoms with E-state index in [-0.39, 0.29) is 0 Å². The highest BCUT2D eigenvalue weighted by atomic mass is 32.2. The number of aromatic nitrogens is 2. The van der Waals surface area contributed by atoms with Gasteiger partial charge >= 0.3 is 0 Å². The van der Waals surface area contributed by atoms with Crippen LogP contribution in [0.25, 0.3) is 10.9 Å². The number of fused-ring (bicyclic) bond motifs is 1. The Labute approximate surface area is 139 Å². The van der Waals surface area contributed by atoms with Crippen LogP contribution in [0.2, 0.25) is 0 Å². The molecule has 2 aromatic heterocycles. The topological polar surface area (TPSA) is 40.7 Å². The van der Waals surface area contributed by atoms with E-state index < -0.39 is 0 Å². The molecule has 3 aromatic rings. The zero-order valence-corrected chi connectivity index (χ0v) is 13.7. The van der Waals surface area contributed by atoms with Crippen LogP contribution in [0.3, 0.4) is 0 Å². The van der Waals surface area contributed by atoms with Crippen molar-refractivity contribution in [2.24, 2.45) is 0 Å². The summed E-state index contributed by atoms with van der Waals surface area (Å²) in [6, 6.07) is 14.6.